The summed E-state index contributed by atoms with van der Waals surface area (Å²) in [4.78, 5) is 2.21. The molecule has 4 heteroatoms. The van der Waals surface area contributed by atoms with E-state index in [4.69, 9.17) is 10.5 Å². The molecule has 0 bridgehead atoms. The van der Waals surface area contributed by atoms with Crippen molar-refractivity contribution in [3.63, 3.8) is 0 Å². The van der Waals surface area contributed by atoms with Crippen LogP contribution in [0.2, 0.25) is 0 Å². The Balaban J connectivity index is 1.93. The van der Waals surface area contributed by atoms with E-state index in [1.807, 2.05) is 18.2 Å². The van der Waals surface area contributed by atoms with Crippen molar-refractivity contribution in [2.24, 2.45) is 11.7 Å². The van der Waals surface area contributed by atoms with E-state index < -0.39 is 5.60 Å². The first-order valence-electron chi connectivity index (χ1n) is 7.36. The molecule has 4 nitrogen and oxygen atoms in total. The number of aliphatic hydroxyl groups is 1. The lowest BCUT2D eigenvalue weighted by Gasteiger charge is -2.30. The van der Waals surface area contributed by atoms with Crippen molar-refractivity contribution in [3.05, 3.63) is 24.3 Å². The summed E-state index contributed by atoms with van der Waals surface area (Å²) in [6, 6.07) is 8.05. The standard InChI is InChI=1S/C16H26N2O2/c1-18(14-6-3-7-15(11-14)20-2)10-8-13-5-4-9-16(13,19)12-17/h3,6-7,11,13,19H,4-5,8-10,12,17H2,1-2H3. The highest BCUT2D eigenvalue weighted by molar-refractivity contribution is 5.50. The van der Waals surface area contributed by atoms with E-state index in [1.54, 1.807) is 7.11 Å². The smallest absolute Gasteiger partial charge is 0.120 e. The van der Waals surface area contributed by atoms with Gasteiger partial charge in [0.15, 0.2) is 0 Å². The van der Waals surface area contributed by atoms with Crippen molar-refractivity contribution >= 4 is 5.69 Å². The van der Waals surface area contributed by atoms with Crippen LogP contribution < -0.4 is 15.4 Å². The van der Waals surface area contributed by atoms with Crippen LogP contribution in [0.4, 0.5) is 5.69 Å². The maximum absolute atomic E-state index is 10.5. The first-order valence-corrected chi connectivity index (χ1v) is 7.36. The van der Waals surface area contributed by atoms with Crippen molar-refractivity contribution in [1.82, 2.24) is 0 Å². The minimum Gasteiger partial charge on any atom is -0.497 e. The minimum absolute atomic E-state index is 0.320. The van der Waals surface area contributed by atoms with E-state index in [2.05, 4.69) is 18.0 Å². The van der Waals surface area contributed by atoms with E-state index in [9.17, 15) is 5.11 Å². The van der Waals surface area contributed by atoms with E-state index in [0.29, 0.717) is 12.5 Å². The van der Waals surface area contributed by atoms with Crippen molar-refractivity contribution in [3.8, 4) is 5.75 Å². The molecule has 1 aliphatic carbocycles. The molecular formula is C16H26N2O2. The molecule has 0 aromatic heterocycles. The molecule has 3 N–H and O–H groups in total. The summed E-state index contributed by atoms with van der Waals surface area (Å²) in [6.45, 7) is 1.29. The number of rotatable bonds is 6. The van der Waals surface area contributed by atoms with Crippen LogP contribution in [0.25, 0.3) is 0 Å². The minimum atomic E-state index is -0.644. The lowest BCUT2D eigenvalue weighted by molar-refractivity contribution is 0.00896. The second-order valence-corrected chi connectivity index (χ2v) is 5.81. The number of benzene rings is 1. The Labute approximate surface area is 121 Å². The van der Waals surface area contributed by atoms with E-state index in [0.717, 1.165) is 43.7 Å². The maximum Gasteiger partial charge on any atom is 0.120 e. The van der Waals surface area contributed by atoms with Crippen molar-refractivity contribution in [1.29, 1.82) is 0 Å². The Bertz CT molecular complexity index is 438. The molecule has 0 saturated heterocycles. The number of hydrogen-bond acceptors (Lipinski definition) is 4. The fourth-order valence-corrected chi connectivity index (χ4v) is 3.14. The highest BCUT2D eigenvalue weighted by Gasteiger charge is 2.39. The molecule has 1 aliphatic rings. The van der Waals surface area contributed by atoms with Crippen molar-refractivity contribution in [2.45, 2.75) is 31.3 Å². The average Bonchev–Trinajstić information content (AvgIpc) is 2.86. The van der Waals surface area contributed by atoms with Gasteiger partial charge in [0.2, 0.25) is 0 Å². The third-order valence-electron chi connectivity index (χ3n) is 4.58. The van der Waals surface area contributed by atoms with Crippen LogP contribution in [0.15, 0.2) is 24.3 Å². The predicted octanol–water partition coefficient (Wildman–Crippen LogP) is 2.01. The zero-order valence-corrected chi connectivity index (χ0v) is 12.5. The van der Waals surface area contributed by atoms with Gasteiger partial charge in [0.1, 0.15) is 5.75 Å². The summed E-state index contributed by atoms with van der Waals surface area (Å²) in [5, 5.41) is 10.5. The maximum atomic E-state index is 10.5. The lowest BCUT2D eigenvalue weighted by atomic mass is 9.88. The molecule has 1 fully saturated rings. The second kappa shape index (κ2) is 6.46. The number of anilines is 1. The van der Waals surface area contributed by atoms with Crippen LogP contribution in [0.3, 0.4) is 0 Å². The van der Waals surface area contributed by atoms with Crippen molar-refractivity contribution in [2.75, 3.05) is 32.1 Å². The zero-order valence-electron chi connectivity index (χ0n) is 12.5. The van der Waals surface area contributed by atoms with Gasteiger partial charge in [-0.15, -0.1) is 0 Å². The molecule has 20 heavy (non-hydrogen) atoms. The molecular weight excluding hydrogens is 252 g/mol. The summed E-state index contributed by atoms with van der Waals surface area (Å²) < 4.78 is 5.25. The summed E-state index contributed by atoms with van der Waals surface area (Å²) in [6.07, 6.45) is 3.99. The Morgan fingerprint density at radius 3 is 3.00 bits per heavy atom. The molecule has 2 unspecified atom stereocenters. The fraction of sp³-hybridized carbons (Fsp3) is 0.625. The fourth-order valence-electron chi connectivity index (χ4n) is 3.14. The molecule has 2 atom stereocenters. The Hall–Kier alpha value is -1.26. The van der Waals surface area contributed by atoms with Gasteiger partial charge in [-0.25, -0.2) is 0 Å². The molecule has 0 radical (unpaired) electrons. The first kappa shape index (κ1) is 15.1. The van der Waals surface area contributed by atoms with Crippen LogP contribution in [0, 0.1) is 5.92 Å². The third kappa shape index (κ3) is 3.25. The molecule has 1 aromatic carbocycles. The first-order chi connectivity index (χ1) is 9.59. The van der Waals surface area contributed by atoms with Gasteiger partial charge in [-0.1, -0.05) is 12.5 Å². The molecule has 0 heterocycles. The average molecular weight is 278 g/mol. The summed E-state index contributed by atoms with van der Waals surface area (Å²) >= 11 is 0. The van der Waals surface area contributed by atoms with Crippen LogP contribution in [0.1, 0.15) is 25.7 Å². The number of hydrogen-bond donors (Lipinski definition) is 2. The summed E-state index contributed by atoms with van der Waals surface area (Å²) in [5.41, 5.74) is 6.23. The van der Waals surface area contributed by atoms with Gasteiger partial charge in [-0.2, -0.15) is 0 Å². The van der Waals surface area contributed by atoms with Gasteiger partial charge < -0.3 is 20.5 Å². The van der Waals surface area contributed by atoms with Gasteiger partial charge in [0.05, 0.1) is 12.7 Å². The van der Waals surface area contributed by atoms with Crippen LogP contribution >= 0.6 is 0 Å². The number of nitrogens with zero attached hydrogens (tertiary/aromatic N) is 1. The lowest BCUT2D eigenvalue weighted by Crippen LogP contribution is -2.42. The van der Waals surface area contributed by atoms with Crippen molar-refractivity contribution < 1.29 is 9.84 Å². The number of methoxy groups -OCH3 is 1. The van der Waals surface area contributed by atoms with E-state index >= 15 is 0 Å². The number of nitrogens with two attached hydrogens (primary N) is 1. The van der Waals surface area contributed by atoms with Crippen LogP contribution in [0.5, 0.6) is 5.75 Å². The molecule has 2 rings (SSSR count). The van der Waals surface area contributed by atoms with Gasteiger partial charge in [0, 0.05) is 31.9 Å². The second-order valence-electron chi connectivity index (χ2n) is 5.81. The van der Waals surface area contributed by atoms with Gasteiger partial charge in [0.25, 0.3) is 0 Å². The molecule has 0 amide bonds. The number of ether oxygens (including phenoxy) is 1. The SMILES string of the molecule is COc1cccc(N(C)CCC2CCCC2(O)CN)c1. The highest BCUT2D eigenvalue weighted by atomic mass is 16.5. The molecule has 1 saturated carbocycles. The largest absolute Gasteiger partial charge is 0.497 e. The quantitative estimate of drug-likeness (QED) is 0.836. The highest BCUT2D eigenvalue weighted by Crippen LogP contribution is 2.37. The summed E-state index contributed by atoms with van der Waals surface area (Å²) in [5.74, 6) is 1.19. The summed E-state index contributed by atoms with van der Waals surface area (Å²) in [7, 11) is 3.75. The molecule has 0 aliphatic heterocycles. The molecule has 0 spiro atoms. The third-order valence-corrected chi connectivity index (χ3v) is 4.58. The Morgan fingerprint density at radius 2 is 2.30 bits per heavy atom. The van der Waals surface area contributed by atoms with Gasteiger partial charge >= 0.3 is 0 Å². The monoisotopic (exact) mass is 278 g/mol. The normalized spacial score (nSPS) is 25.7. The van der Waals surface area contributed by atoms with E-state index in [1.165, 1.54) is 0 Å². The molecule has 1 aromatic rings. The Kier molecular flexibility index (Phi) is 4.89. The zero-order chi connectivity index (χ0) is 14.6. The van der Waals surface area contributed by atoms with Gasteiger partial charge in [-0.3, -0.25) is 0 Å². The molecule has 112 valence electrons. The Morgan fingerprint density at radius 1 is 1.50 bits per heavy atom. The van der Waals surface area contributed by atoms with Crippen LogP contribution in [-0.2, 0) is 0 Å². The topological polar surface area (TPSA) is 58.7 Å². The van der Waals surface area contributed by atoms with Gasteiger partial charge in [-0.05, 0) is 37.3 Å². The van der Waals surface area contributed by atoms with Crippen LogP contribution in [-0.4, -0.2) is 38.0 Å². The van der Waals surface area contributed by atoms with E-state index in [-0.39, 0.29) is 0 Å². The predicted molar refractivity (Wildman–Crippen MR) is 82.2 cm³/mol.